The Morgan fingerprint density at radius 1 is 1.42 bits per heavy atom. The quantitative estimate of drug-likeness (QED) is 0.447. The first-order valence-corrected chi connectivity index (χ1v) is 8.11. The molecule has 26 heavy (non-hydrogen) atoms. The Bertz CT molecular complexity index is 723. The van der Waals surface area contributed by atoms with E-state index in [4.69, 9.17) is 4.74 Å². The number of carbonyl (C=O) groups excluding carboxylic acids is 3. The van der Waals surface area contributed by atoms with E-state index in [0.29, 0.717) is 0 Å². The maximum atomic E-state index is 13.0. The van der Waals surface area contributed by atoms with Crippen molar-refractivity contribution in [3.05, 3.63) is 40.2 Å². The van der Waals surface area contributed by atoms with Crippen molar-refractivity contribution in [3.63, 3.8) is 0 Å². The minimum atomic E-state index is -0.778. The molecule has 0 bridgehead atoms. The van der Waals surface area contributed by atoms with E-state index in [0.717, 1.165) is 6.07 Å². The van der Waals surface area contributed by atoms with E-state index < -0.39 is 41.1 Å². The molecule has 9 heteroatoms. The standard InChI is InChI=1S/C17H19FN2O6/c1-10-5-15(21)13(14(10)8-20(24)25)7-17(23)26-9-16(22)19-12-4-2-3-11(18)6-12/h2-4,6,10,13-14H,5,7-9H2,1H3,(H,19,22)/t10-,13-,14-/m1/s1. The number of ether oxygens (including phenoxy) is 1. The van der Waals surface area contributed by atoms with Crippen LogP contribution in [0, 0.1) is 33.7 Å². The van der Waals surface area contributed by atoms with Crippen LogP contribution in [0.2, 0.25) is 0 Å². The van der Waals surface area contributed by atoms with Gasteiger partial charge >= 0.3 is 5.97 Å². The molecule has 3 atom stereocenters. The lowest BCUT2D eigenvalue weighted by atomic mass is 9.88. The van der Waals surface area contributed by atoms with Crippen LogP contribution in [0.25, 0.3) is 0 Å². The summed E-state index contributed by atoms with van der Waals surface area (Å²) in [4.78, 5) is 45.9. The van der Waals surface area contributed by atoms with E-state index >= 15 is 0 Å². The molecule has 1 saturated carbocycles. The smallest absolute Gasteiger partial charge is 0.307 e. The van der Waals surface area contributed by atoms with Gasteiger partial charge in [0.05, 0.1) is 6.42 Å². The zero-order valence-corrected chi connectivity index (χ0v) is 14.1. The molecule has 0 radical (unpaired) electrons. The molecule has 0 unspecified atom stereocenters. The van der Waals surface area contributed by atoms with Gasteiger partial charge in [-0.25, -0.2) is 4.39 Å². The van der Waals surface area contributed by atoms with E-state index in [1.54, 1.807) is 6.92 Å². The molecule has 1 aliphatic carbocycles. The lowest BCUT2D eigenvalue weighted by molar-refractivity contribution is -0.490. The van der Waals surface area contributed by atoms with Crippen molar-refractivity contribution in [1.29, 1.82) is 0 Å². The number of carbonyl (C=O) groups is 3. The van der Waals surface area contributed by atoms with Crippen molar-refractivity contribution in [2.24, 2.45) is 17.8 Å². The Morgan fingerprint density at radius 3 is 2.81 bits per heavy atom. The van der Waals surface area contributed by atoms with Gasteiger partial charge in [0.15, 0.2) is 6.61 Å². The number of halogens is 1. The van der Waals surface area contributed by atoms with Gasteiger partial charge in [0.2, 0.25) is 6.54 Å². The number of benzene rings is 1. The molecule has 0 saturated heterocycles. The number of amides is 1. The highest BCUT2D eigenvalue weighted by atomic mass is 19.1. The summed E-state index contributed by atoms with van der Waals surface area (Å²) in [6, 6.07) is 5.22. The van der Waals surface area contributed by atoms with E-state index in [-0.39, 0.29) is 36.8 Å². The van der Waals surface area contributed by atoms with Crippen molar-refractivity contribution in [2.75, 3.05) is 18.5 Å². The van der Waals surface area contributed by atoms with Crippen LogP contribution in [0.1, 0.15) is 19.8 Å². The first-order chi connectivity index (χ1) is 12.3. The minimum Gasteiger partial charge on any atom is -0.456 e. The Labute approximate surface area is 148 Å². The number of Topliss-reactive ketones (excluding diaryl/α,β-unsaturated/α-hetero) is 1. The fourth-order valence-corrected chi connectivity index (χ4v) is 3.15. The lowest BCUT2D eigenvalue weighted by Gasteiger charge is -2.17. The summed E-state index contributed by atoms with van der Waals surface area (Å²) >= 11 is 0. The first-order valence-electron chi connectivity index (χ1n) is 8.11. The molecule has 0 heterocycles. The molecular weight excluding hydrogens is 347 g/mol. The summed E-state index contributed by atoms with van der Waals surface area (Å²) < 4.78 is 17.9. The Kier molecular flexibility index (Phi) is 6.37. The van der Waals surface area contributed by atoms with E-state index in [1.165, 1.54) is 18.2 Å². The summed E-state index contributed by atoms with van der Waals surface area (Å²) in [6.07, 6.45) is -0.106. The fourth-order valence-electron chi connectivity index (χ4n) is 3.15. The summed E-state index contributed by atoms with van der Waals surface area (Å²) in [5.41, 5.74) is 0.219. The van der Waals surface area contributed by atoms with E-state index in [1.807, 2.05) is 0 Å². The number of nitrogens with zero attached hydrogens (tertiary/aromatic N) is 1. The minimum absolute atomic E-state index is 0.179. The number of nitrogens with one attached hydrogen (secondary N) is 1. The van der Waals surface area contributed by atoms with Gasteiger partial charge in [-0.3, -0.25) is 24.5 Å². The molecule has 1 amide bonds. The largest absolute Gasteiger partial charge is 0.456 e. The van der Waals surface area contributed by atoms with Gasteiger partial charge in [0, 0.05) is 28.9 Å². The normalized spacial score (nSPS) is 22.1. The number of hydrogen-bond acceptors (Lipinski definition) is 6. The van der Waals surface area contributed by atoms with Gasteiger partial charge in [-0.15, -0.1) is 0 Å². The third kappa shape index (κ3) is 5.33. The van der Waals surface area contributed by atoms with Crippen molar-refractivity contribution >= 4 is 23.3 Å². The van der Waals surface area contributed by atoms with Crippen LogP contribution in [0.3, 0.4) is 0 Å². The number of ketones is 1. The van der Waals surface area contributed by atoms with Gasteiger partial charge < -0.3 is 10.1 Å². The number of anilines is 1. The second kappa shape index (κ2) is 8.50. The average molecular weight is 366 g/mol. The second-order valence-electron chi connectivity index (χ2n) is 6.36. The monoisotopic (exact) mass is 366 g/mol. The molecular formula is C17H19FN2O6. The Morgan fingerprint density at radius 2 is 2.15 bits per heavy atom. The van der Waals surface area contributed by atoms with Crippen molar-refractivity contribution < 1.29 is 28.4 Å². The molecule has 0 aromatic heterocycles. The summed E-state index contributed by atoms with van der Waals surface area (Å²) in [5, 5.41) is 13.1. The maximum absolute atomic E-state index is 13.0. The van der Waals surface area contributed by atoms with Crippen LogP contribution in [0.4, 0.5) is 10.1 Å². The third-order valence-electron chi connectivity index (χ3n) is 4.40. The topological polar surface area (TPSA) is 116 Å². The highest BCUT2D eigenvalue weighted by Gasteiger charge is 2.44. The molecule has 1 aromatic rings. The number of rotatable bonds is 7. The van der Waals surface area contributed by atoms with Gasteiger partial charge in [0.1, 0.15) is 11.6 Å². The number of esters is 1. The highest BCUT2D eigenvalue weighted by Crippen LogP contribution is 2.36. The van der Waals surface area contributed by atoms with Crippen molar-refractivity contribution in [3.8, 4) is 0 Å². The number of nitro groups is 1. The SMILES string of the molecule is C[C@@H]1CC(=O)[C@H](CC(=O)OCC(=O)Nc2cccc(F)c2)[C@@H]1C[N+](=O)[O-]. The van der Waals surface area contributed by atoms with Crippen LogP contribution < -0.4 is 5.32 Å². The third-order valence-corrected chi connectivity index (χ3v) is 4.40. The predicted octanol–water partition coefficient (Wildman–Crippen LogP) is 1.82. The van der Waals surface area contributed by atoms with Crippen molar-refractivity contribution in [1.82, 2.24) is 0 Å². The van der Waals surface area contributed by atoms with Crippen LogP contribution >= 0.6 is 0 Å². The van der Waals surface area contributed by atoms with Gasteiger partial charge in [-0.05, 0) is 24.1 Å². The number of hydrogen-bond donors (Lipinski definition) is 1. The van der Waals surface area contributed by atoms with Crippen LogP contribution in [-0.4, -0.2) is 35.7 Å². The average Bonchev–Trinajstić information content (AvgIpc) is 2.79. The van der Waals surface area contributed by atoms with Crippen LogP contribution in [0.5, 0.6) is 0 Å². The van der Waals surface area contributed by atoms with Gasteiger partial charge in [-0.1, -0.05) is 13.0 Å². The maximum Gasteiger partial charge on any atom is 0.307 e. The summed E-state index contributed by atoms with van der Waals surface area (Å²) in [5.74, 6) is -3.63. The molecule has 1 N–H and O–H groups in total. The van der Waals surface area contributed by atoms with Gasteiger partial charge in [0.25, 0.3) is 5.91 Å². The lowest BCUT2D eigenvalue weighted by Crippen LogP contribution is -2.28. The molecule has 1 fully saturated rings. The van der Waals surface area contributed by atoms with Crippen LogP contribution in [0.15, 0.2) is 24.3 Å². The highest BCUT2D eigenvalue weighted by molar-refractivity contribution is 5.93. The summed E-state index contributed by atoms with van der Waals surface area (Å²) in [7, 11) is 0. The predicted molar refractivity (Wildman–Crippen MR) is 88.2 cm³/mol. The Balaban J connectivity index is 1.84. The second-order valence-corrected chi connectivity index (χ2v) is 6.36. The Hall–Kier alpha value is -2.84. The fraction of sp³-hybridized carbons (Fsp3) is 0.471. The summed E-state index contributed by atoms with van der Waals surface area (Å²) in [6.45, 7) is 0.764. The molecule has 0 spiro atoms. The molecule has 1 aliphatic rings. The zero-order valence-electron chi connectivity index (χ0n) is 14.1. The molecule has 2 rings (SSSR count). The van der Waals surface area contributed by atoms with Gasteiger partial charge in [-0.2, -0.15) is 0 Å². The molecule has 0 aliphatic heterocycles. The van der Waals surface area contributed by atoms with E-state index in [2.05, 4.69) is 5.32 Å². The van der Waals surface area contributed by atoms with Crippen LogP contribution in [-0.2, 0) is 19.1 Å². The first kappa shape index (κ1) is 19.5. The molecule has 8 nitrogen and oxygen atoms in total. The van der Waals surface area contributed by atoms with Crippen molar-refractivity contribution in [2.45, 2.75) is 19.8 Å². The zero-order chi connectivity index (χ0) is 19.3. The molecule has 1 aromatic carbocycles. The van der Waals surface area contributed by atoms with E-state index in [9.17, 15) is 28.9 Å². The molecule has 140 valence electrons.